The van der Waals surface area contributed by atoms with E-state index in [-0.39, 0.29) is 5.97 Å². The molecule has 0 bridgehead atoms. The van der Waals surface area contributed by atoms with Crippen molar-refractivity contribution < 1.29 is 14.3 Å². The highest BCUT2D eigenvalue weighted by atomic mass is 16.5. The van der Waals surface area contributed by atoms with Gasteiger partial charge >= 0.3 is 5.97 Å². The van der Waals surface area contributed by atoms with Crippen LogP contribution in [0.2, 0.25) is 0 Å². The van der Waals surface area contributed by atoms with Crippen LogP contribution in [0.4, 0.5) is 5.82 Å². The third-order valence-corrected chi connectivity index (χ3v) is 4.77. The quantitative estimate of drug-likeness (QED) is 0.592. The predicted octanol–water partition coefficient (Wildman–Crippen LogP) is 3.13. The zero-order valence-corrected chi connectivity index (χ0v) is 15.8. The summed E-state index contributed by atoms with van der Waals surface area (Å²) in [7, 11) is 0. The monoisotopic (exact) mass is 391 g/mol. The summed E-state index contributed by atoms with van der Waals surface area (Å²) in [6, 6.07) is 6.87. The molecule has 0 saturated carbocycles. The highest BCUT2D eigenvalue weighted by Gasteiger charge is 2.22. The van der Waals surface area contributed by atoms with Crippen molar-refractivity contribution in [1.29, 1.82) is 0 Å². The predicted molar refractivity (Wildman–Crippen MR) is 106 cm³/mol. The Labute approximate surface area is 168 Å². The number of aromatic nitrogens is 4. The molecule has 3 aromatic rings. The van der Waals surface area contributed by atoms with E-state index < -0.39 is 0 Å². The highest BCUT2D eigenvalue weighted by Crippen LogP contribution is 2.23. The van der Waals surface area contributed by atoms with E-state index in [0.717, 1.165) is 31.7 Å². The Hall–Kier alpha value is -3.55. The van der Waals surface area contributed by atoms with E-state index in [4.69, 9.17) is 9.47 Å². The lowest BCUT2D eigenvalue weighted by Crippen LogP contribution is -2.35. The lowest BCUT2D eigenvalue weighted by molar-refractivity contribution is 0.0420. The summed E-state index contributed by atoms with van der Waals surface area (Å²) in [5.74, 6) is 1.75. The second kappa shape index (κ2) is 9.09. The largest absolute Gasteiger partial charge is 0.462 e. The number of carbonyl (C=O) groups excluding carboxylic acids is 1. The number of hydrogen-bond acceptors (Lipinski definition) is 8. The van der Waals surface area contributed by atoms with Gasteiger partial charge in [0, 0.05) is 37.9 Å². The van der Waals surface area contributed by atoms with Crippen LogP contribution in [0, 0.1) is 5.92 Å². The number of nitrogens with zero attached hydrogens (tertiary/aromatic N) is 5. The summed E-state index contributed by atoms with van der Waals surface area (Å²) in [5.41, 5.74) is 0.448. The van der Waals surface area contributed by atoms with Gasteiger partial charge in [0.2, 0.25) is 5.88 Å². The standard InChI is InChI=1S/C21H21N5O3/c27-21(17-2-1-3-18(12-17)29-20-14-23-7-9-25-20)28-15-16-4-10-26(11-5-16)19-13-22-6-8-24-19/h1-3,6-9,12-14,16H,4-5,10-11,15H2. The van der Waals surface area contributed by atoms with Gasteiger partial charge in [0.1, 0.15) is 11.6 Å². The van der Waals surface area contributed by atoms with Crippen LogP contribution in [-0.4, -0.2) is 45.6 Å². The lowest BCUT2D eigenvalue weighted by Gasteiger charge is -2.32. The third-order valence-electron chi connectivity index (χ3n) is 4.77. The SMILES string of the molecule is O=C(OCC1CCN(c2cnccn2)CC1)c1cccc(Oc2cnccn2)c1. The summed E-state index contributed by atoms with van der Waals surface area (Å²) < 4.78 is 11.2. The van der Waals surface area contributed by atoms with E-state index in [0.29, 0.717) is 29.7 Å². The molecule has 0 amide bonds. The Bertz CT molecular complexity index is 931. The number of ether oxygens (including phenoxy) is 2. The number of benzene rings is 1. The summed E-state index contributed by atoms with van der Waals surface area (Å²) in [5, 5.41) is 0. The fourth-order valence-corrected chi connectivity index (χ4v) is 3.21. The Morgan fingerprint density at radius 1 is 1.03 bits per heavy atom. The van der Waals surface area contributed by atoms with Crippen molar-refractivity contribution in [2.24, 2.45) is 5.92 Å². The van der Waals surface area contributed by atoms with Gasteiger partial charge in [-0.3, -0.25) is 9.97 Å². The van der Waals surface area contributed by atoms with Crippen molar-refractivity contribution in [2.45, 2.75) is 12.8 Å². The summed E-state index contributed by atoms with van der Waals surface area (Å²) in [4.78, 5) is 31.1. The van der Waals surface area contributed by atoms with Crippen LogP contribution in [0.3, 0.4) is 0 Å². The van der Waals surface area contributed by atoms with Crippen LogP contribution in [0.1, 0.15) is 23.2 Å². The molecular weight excluding hydrogens is 370 g/mol. The minimum Gasteiger partial charge on any atom is -0.462 e. The Morgan fingerprint density at radius 3 is 2.55 bits per heavy atom. The number of piperidine rings is 1. The summed E-state index contributed by atoms with van der Waals surface area (Å²) >= 11 is 0. The summed E-state index contributed by atoms with van der Waals surface area (Å²) in [6.45, 7) is 2.16. The maximum Gasteiger partial charge on any atom is 0.338 e. The first kappa shape index (κ1) is 18.8. The van der Waals surface area contributed by atoms with Crippen molar-refractivity contribution in [1.82, 2.24) is 19.9 Å². The van der Waals surface area contributed by atoms with E-state index in [1.165, 1.54) is 6.20 Å². The maximum absolute atomic E-state index is 12.4. The molecule has 8 heteroatoms. The minimum absolute atomic E-state index is 0.339. The normalized spacial score (nSPS) is 14.4. The number of carbonyl (C=O) groups is 1. The van der Waals surface area contributed by atoms with E-state index in [1.807, 2.05) is 0 Å². The van der Waals surface area contributed by atoms with Crippen LogP contribution in [-0.2, 0) is 4.74 Å². The fraction of sp³-hybridized carbons (Fsp3) is 0.286. The molecular formula is C21H21N5O3. The van der Waals surface area contributed by atoms with Gasteiger partial charge in [-0.15, -0.1) is 0 Å². The van der Waals surface area contributed by atoms with Crippen LogP contribution in [0.15, 0.2) is 61.4 Å². The van der Waals surface area contributed by atoms with Gasteiger partial charge in [-0.25, -0.2) is 14.8 Å². The fourth-order valence-electron chi connectivity index (χ4n) is 3.21. The Kier molecular flexibility index (Phi) is 5.89. The first-order chi connectivity index (χ1) is 14.3. The molecule has 2 aromatic heterocycles. The van der Waals surface area contributed by atoms with Crippen molar-refractivity contribution in [2.75, 3.05) is 24.6 Å². The molecule has 148 valence electrons. The van der Waals surface area contributed by atoms with Gasteiger partial charge in [-0.1, -0.05) is 6.07 Å². The second-order valence-corrected chi connectivity index (χ2v) is 6.77. The van der Waals surface area contributed by atoms with Gasteiger partial charge in [0.25, 0.3) is 0 Å². The molecule has 8 nitrogen and oxygen atoms in total. The number of hydrogen-bond donors (Lipinski definition) is 0. The van der Waals surface area contributed by atoms with Crippen LogP contribution in [0.5, 0.6) is 11.6 Å². The van der Waals surface area contributed by atoms with E-state index in [2.05, 4.69) is 24.8 Å². The van der Waals surface area contributed by atoms with E-state index >= 15 is 0 Å². The minimum atomic E-state index is -0.356. The molecule has 0 unspecified atom stereocenters. The second-order valence-electron chi connectivity index (χ2n) is 6.77. The molecule has 3 heterocycles. The van der Waals surface area contributed by atoms with Gasteiger partial charge in [0.15, 0.2) is 0 Å². The Morgan fingerprint density at radius 2 is 1.83 bits per heavy atom. The van der Waals surface area contributed by atoms with Crippen LogP contribution in [0.25, 0.3) is 0 Å². The zero-order chi connectivity index (χ0) is 19.9. The molecule has 1 fully saturated rings. The topological polar surface area (TPSA) is 90.3 Å². The molecule has 0 radical (unpaired) electrons. The molecule has 1 aliphatic rings. The van der Waals surface area contributed by atoms with Crippen molar-refractivity contribution in [3.05, 3.63) is 67.0 Å². The molecule has 4 rings (SSSR count). The van der Waals surface area contributed by atoms with Crippen molar-refractivity contribution >= 4 is 11.8 Å². The first-order valence-electron chi connectivity index (χ1n) is 9.50. The van der Waals surface area contributed by atoms with Crippen molar-refractivity contribution in [3.8, 4) is 11.6 Å². The molecule has 29 heavy (non-hydrogen) atoms. The molecule has 0 N–H and O–H groups in total. The van der Waals surface area contributed by atoms with Gasteiger partial charge in [0.05, 0.1) is 24.6 Å². The van der Waals surface area contributed by atoms with E-state index in [1.54, 1.807) is 55.2 Å². The average Bonchev–Trinajstić information content (AvgIpc) is 2.79. The van der Waals surface area contributed by atoms with Gasteiger partial charge < -0.3 is 14.4 Å². The van der Waals surface area contributed by atoms with Gasteiger partial charge in [-0.05, 0) is 37.0 Å². The maximum atomic E-state index is 12.4. The van der Waals surface area contributed by atoms with Crippen molar-refractivity contribution in [3.63, 3.8) is 0 Å². The molecule has 0 spiro atoms. The molecule has 1 aromatic carbocycles. The van der Waals surface area contributed by atoms with E-state index in [9.17, 15) is 4.79 Å². The molecule has 1 saturated heterocycles. The highest BCUT2D eigenvalue weighted by molar-refractivity contribution is 5.89. The molecule has 0 aliphatic carbocycles. The lowest BCUT2D eigenvalue weighted by atomic mass is 9.98. The van der Waals surface area contributed by atoms with Gasteiger partial charge in [-0.2, -0.15) is 0 Å². The third kappa shape index (κ3) is 5.04. The number of rotatable bonds is 6. The smallest absolute Gasteiger partial charge is 0.338 e. The number of anilines is 1. The molecule has 0 atom stereocenters. The Balaban J connectivity index is 1.27. The summed E-state index contributed by atoms with van der Waals surface area (Å²) in [6.07, 6.45) is 11.7. The molecule has 1 aliphatic heterocycles. The number of esters is 1. The zero-order valence-electron chi connectivity index (χ0n) is 15.8. The van der Waals surface area contributed by atoms with Crippen LogP contribution < -0.4 is 9.64 Å². The van der Waals surface area contributed by atoms with Crippen LogP contribution >= 0.6 is 0 Å². The first-order valence-corrected chi connectivity index (χ1v) is 9.50. The average molecular weight is 391 g/mol.